The van der Waals surface area contributed by atoms with Crippen LogP contribution in [-0.2, 0) is 4.79 Å². The second kappa shape index (κ2) is 7.41. The minimum absolute atomic E-state index is 0.0138. The van der Waals surface area contributed by atoms with Gasteiger partial charge >= 0.3 is 0 Å². The highest BCUT2D eigenvalue weighted by Crippen LogP contribution is 2.20. The van der Waals surface area contributed by atoms with Gasteiger partial charge in [0.05, 0.1) is 0 Å². The number of rotatable bonds is 5. The third kappa shape index (κ3) is 4.41. The molecule has 1 fully saturated rings. The molecule has 2 aromatic rings. The highest BCUT2D eigenvalue weighted by atomic mass is 32.1. The van der Waals surface area contributed by atoms with E-state index >= 15 is 0 Å². The molecule has 1 aromatic heterocycles. The Morgan fingerprint density at radius 3 is 2.70 bits per heavy atom. The lowest BCUT2D eigenvalue weighted by atomic mass is 10.1. The lowest BCUT2D eigenvalue weighted by Gasteiger charge is -2.31. The standard InChI is InChI=1S/C16H19N3O3S/c1-12-2-4-13(5-3-12)21-10-15(20)19-8-6-14(7-9-19)22-16-18-17-11-23-16/h2-5,11,14H,6-10H2,1H3. The predicted octanol–water partition coefficient (Wildman–Crippen LogP) is 2.30. The molecule has 0 aliphatic carbocycles. The monoisotopic (exact) mass is 333 g/mol. The summed E-state index contributed by atoms with van der Waals surface area (Å²) in [5.74, 6) is 0.735. The average molecular weight is 333 g/mol. The molecule has 1 aromatic carbocycles. The molecule has 1 amide bonds. The van der Waals surface area contributed by atoms with Crippen molar-refractivity contribution in [2.75, 3.05) is 19.7 Å². The maximum atomic E-state index is 12.2. The van der Waals surface area contributed by atoms with Crippen LogP contribution in [0.4, 0.5) is 0 Å². The maximum Gasteiger partial charge on any atom is 0.294 e. The van der Waals surface area contributed by atoms with E-state index < -0.39 is 0 Å². The van der Waals surface area contributed by atoms with E-state index in [9.17, 15) is 4.79 Å². The number of aryl methyl sites for hydroxylation is 1. The number of carbonyl (C=O) groups is 1. The molecule has 6 nitrogen and oxygen atoms in total. The Balaban J connectivity index is 1.42. The minimum Gasteiger partial charge on any atom is -0.484 e. The molecule has 1 aliphatic rings. The van der Waals surface area contributed by atoms with E-state index in [0.29, 0.717) is 18.3 Å². The Morgan fingerprint density at radius 2 is 2.04 bits per heavy atom. The first-order valence-electron chi connectivity index (χ1n) is 7.61. The van der Waals surface area contributed by atoms with Gasteiger partial charge in [-0.25, -0.2) is 0 Å². The van der Waals surface area contributed by atoms with Crippen molar-refractivity contribution in [2.24, 2.45) is 0 Å². The fourth-order valence-corrected chi connectivity index (χ4v) is 2.92. The van der Waals surface area contributed by atoms with Gasteiger partial charge in [0.1, 0.15) is 17.4 Å². The van der Waals surface area contributed by atoms with Gasteiger partial charge in [-0.1, -0.05) is 29.0 Å². The van der Waals surface area contributed by atoms with Crippen LogP contribution in [-0.4, -0.2) is 46.8 Å². The van der Waals surface area contributed by atoms with Gasteiger partial charge in [-0.15, -0.1) is 10.2 Å². The molecular formula is C16H19N3O3S. The fraction of sp³-hybridized carbons (Fsp3) is 0.438. The summed E-state index contributed by atoms with van der Waals surface area (Å²) in [7, 11) is 0. The van der Waals surface area contributed by atoms with Crippen LogP contribution in [0.3, 0.4) is 0 Å². The Kier molecular flexibility index (Phi) is 5.07. The first-order chi connectivity index (χ1) is 11.2. The number of piperidine rings is 1. The summed E-state index contributed by atoms with van der Waals surface area (Å²) < 4.78 is 11.3. The zero-order valence-electron chi connectivity index (χ0n) is 13.0. The second-order valence-electron chi connectivity index (χ2n) is 5.50. The van der Waals surface area contributed by atoms with Crippen molar-refractivity contribution in [1.82, 2.24) is 15.1 Å². The minimum atomic E-state index is 0.0138. The Labute approximate surface area is 139 Å². The number of benzene rings is 1. The van der Waals surface area contributed by atoms with Gasteiger partial charge in [-0.3, -0.25) is 4.79 Å². The molecule has 0 atom stereocenters. The summed E-state index contributed by atoms with van der Waals surface area (Å²) in [5, 5.41) is 8.23. The third-order valence-electron chi connectivity index (χ3n) is 3.79. The lowest BCUT2D eigenvalue weighted by molar-refractivity contribution is -0.135. The van der Waals surface area contributed by atoms with Crippen LogP contribution in [0.2, 0.25) is 0 Å². The van der Waals surface area contributed by atoms with Gasteiger partial charge in [0.25, 0.3) is 11.1 Å². The average Bonchev–Trinajstić information content (AvgIpc) is 3.08. The van der Waals surface area contributed by atoms with E-state index in [0.717, 1.165) is 18.6 Å². The highest BCUT2D eigenvalue weighted by molar-refractivity contribution is 7.11. The van der Waals surface area contributed by atoms with Crippen LogP contribution in [0.25, 0.3) is 0 Å². The Morgan fingerprint density at radius 1 is 1.30 bits per heavy atom. The van der Waals surface area contributed by atoms with Gasteiger partial charge < -0.3 is 14.4 Å². The quantitative estimate of drug-likeness (QED) is 0.840. The molecule has 0 unspecified atom stereocenters. The molecule has 2 heterocycles. The summed E-state index contributed by atoms with van der Waals surface area (Å²) in [5.41, 5.74) is 2.82. The molecule has 0 N–H and O–H groups in total. The number of carbonyl (C=O) groups excluding carboxylic acids is 1. The van der Waals surface area contributed by atoms with Crippen molar-refractivity contribution in [3.05, 3.63) is 35.3 Å². The van der Waals surface area contributed by atoms with Gasteiger partial charge in [0, 0.05) is 25.9 Å². The van der Waals surface area contributed by atoms with Gasteiger partial charge in [0.2, 0.25) is 0 Å². The van der Waals surface area contributed by atoms with Crippen molar-refractivity contribution in [3.8, 4) is 10.9 Å². The van der Waals surface area contributed by atoms with Crippen LogP contribution < -0.4 is 9.47 Å². The molecule has 23 heavy (non-hydrogen) atoms. The molecule has 1 saturated heterocycles. The zero-order valence-corrected chi connectivity index (χ0v) is 13.8. The van der Waals surface area contributed by atoms with Crippen LogP contribution >= 0.6 is 11.3 Å². The first kappa shape index (κ1) is 15.7. The largest absolute Gasteiger partial charge is 0.484 e. The normalized spacial score (nSPS) is 15.4. The lowest BCUT2D eigenvalue weighted by Crippen LogP contribution is -2.43. The molecule has 3 rings (SSSR count). The molecular weight excluding hydrogens is 314 g/mol. The summed E-state index contributed by atoms with van der Waals surface area (Å²) in [4.78, 5) is 14.0. The maximum absolute atomic E-state index is 12.2. The third-order valence-corrected chi connectivity index (χ3v) is 4.36. The summed E-state index contributed by atoms with van der Waals surface area (Å²) >= 11 is 1.39. The van der Waals surface area contributed by atoms with Crippen LogP contribution in [0.5, 0.6) is 10.9 Å². The summed E-state index contributed by atoms with van der Waals surface area (Å²) in [6.45, 7) is 3.45. The van der Waals surface area contributed by atoms with Crippen molar-refractivity contribution in [3.63, 3.8) is 0 Å². The highest BCUT2D eigenvalue weighted by Gasteiger charge is 2.24. The van der Waals surface area contributed by atoms with Crippen LogP contribution in [0.15, 0.2) is 29.8 Å². The van der Waals surface area contributed by atoms with Crippen molar-refractivity contribution < 1.29 is 14.3 Å². The number of hydrogen-bond donors (Lipinski definition) is 0. The Bertz CT molecular complexity index is 623. The topological polar surface area (TPSA) is 64.5 Å². The molecule has 122 valence electrons. The summed E-state index contributed by atoms with van der Waals surface area (Å²) in [6.07, 6.45) is 1.70. The molecule has 0 saturated carbocycles. The van der Waals surface area contributed by atoms with E-state index in [1.807, 2.05) is 36.1 Å². The van der Waals surface area contributed by atoms with Crippen LogP contribution in [0, 0.1) is 6.92 Å². The van der Waals surface area contributed by atoms with Gasteiger partial charge in [-0.2, -0.15) is 0 Å². The molecule has 1 aliphatic heterocycles. The van der Waals surface area contributed by atoms with E-state index in [4.69, 9.17) is 9.47 Å². The zero-order chi connectivity index (χ0) is 16.1. The number of aromatic nitrogens is 2. The molecule has 0 bridgehead atoms. The van der Waals surface area contributed by atoms with Crippen molar-refractivity contribution in [1.29, 1.82) is 0 Å². The number of amides is 1. The van der Waals surface area contributed by atoms with Crippen molar-refractivity contribution >= 4 is 17.2 Å². The van der Waals surface area contributed by atoms with Gasteiger partial charge in [-0.05, 0) is 19.1 Å². The smallest absolute Gasteiger partial charge is 0.294 e. The van der Waals surface area contributed by atoms with Gasteiger partial charge in [0.15, 0.2) is 6.61 Å². The molecule has 7 heteroatoms. The Hall–Kier alpha value is -2.15. The van der Waals surface area contributed by atoms with E-state index in [1.165, 1.54) is 16.9 Å². The number of ether oxygens (including phenoxy) is 2. The number of hydrogen-bond acceptors (Lipinski definition) is 6. The van der Waals surface area contributed by atoms with Crippen molar-refractivity contribution in [2.45, 2.75) is 25.9 Å². The number of nitrogens with zero attached hydrogens (tertiary/aromatic N) is 3. The van der Waals surface area contributed by atoms with E-state index in [1.54, 1.807) is 5.51 Å². The summed E-state index contributed by atoms with van der Waals surface area (Å²) in [6, 6.07) is 7.70. The first-order valence-corrected chi connectivity index (χ1v) is 8.49. The molecule has 0 radical (unpaired) electrons. The number of likely N-dealkylation sites (tertiary alicyclic amines) is 1. The van der Waals surface area contributed by atoms with Crippen LogP contribution in [0.1, 0.15) is 18.4 Å². The van der Waals surface area contributed by atoms with E-state index in [-0.39, 0.29) is 18.6 Å². The SMILES string of the molecule is Cc1ccc(OCC(=O)N2CCC(Oc3nncs3)CC2)cc1. The molecule has 0 spiro atoms. The predicted molar refractivity (Wildman–Crippen MR) is 86.8 cm³/mol. The second-order valence-corrected chi connectivity index (χ2v) is 6.30. The fourth-order valence-electron chi connectivity index (χ4n) is 2.45. The van der Waals surface area contributed by atoms with E-state index in [2.05, 4.69) is 10.2 Å².